The van der Waals surface area contributed by atoms with Gasteiger partial charge in [-0.2, -0.15) is 0 Å². The number of nitrogens with one attached hydrogen (secondary N) is 1. The largest absolute Gasteiger partial charge is 0.324 e. The van der Waals surface area contributed by atoms with E-state index in [1.807, 2.05) is 12.1 Å². The molecule has 2 rings (SSSR count). The third-order valence-corrected chi connectivity index (χ3v) is 3.24. The molecule has 0 aromatic heterocycles. The molecular weight excluding hydrogens is 194 g/mol. The molecule has 2 nitrogen and oxygen atoms in total. The van der Waals surface area contributed by atoms with E-state index < -0.39 is 0 Å². The first-order chi connectivity index (χ1) is 6.81. The number of amides is 1. The average Bonchev–Trinajstić information content (AvgIpc) is 2.19. The fourth-order valence-electron chi connectivity index (χ4n) is 1.56. The first kappa shape index (κ1) is 9.59. The lowest BCUT2D eigenvalue weighted by atomic mass is 10.1. The quantitative estimate of drug-likeness (QED) is 0.805. The van der Waals surface area contributed by atoms with Crippen molar-refractivity contribution in [1.82, 2.24) is 0 Å². The van der Waals surface area contributed by atoms with Crippen LogP contribution in [-0.2, 0) is 11.2 Å². The van der Waals surface area contributed by atoms with E-state index in [9.17, 15) is 4.79 Å². The standard InChI is InChI=1S/C11H12NOS/c1-2-4-8-5-3-6-9-11(8)12-10(13)7-14-9/h3,5-6H,1-2,4,7H2,(H,12,13). The molecule has 1 amide bonds. The fourth-order valence-corrected chi connectivity index (χ4v) is 2.42. The van der Waals surface area contributed by atoms with Gasteiger partial charge in [-0.05, 0) is 24.5 Å². The predicted molar refractivity (Wildman–Crippen MR) is 59.5 cm³/mol. The molecule has 0 unspecified atom stereocenters. The van der Waals surface area contributed by atoms with Crippen molar-refractivity contribution >= 4 is 23.4 Å². The lowest BCUT2D eigenvalue weighted by Crippen LogP contribution is -2.19. The molecule has 3 heteroatoms. The van der Waals surface area contributed by atoms with Crippen molar-refractivity contribution in [3.63, 3.8) is 0 Å². The van der Waals surface area contributed by atoms with Crippen LogP contribution >= 0.6 is 11.8 Å². The van der Waals surface area contributed by atoms with Gasteiger partial charge in [-0.3, -0.25) is 4.79 Å². The van der Waals surface area contributed by atoms with Crippen molar-refractivity contribution in [3.8, 4) is 0 Å². The Morgan fingerprint density at radius 1 is 1.50 bits per heavy atom. The summed E-state index contributed by atoms with van der Waals surface area (Å²) in [6.07, 6.45) is 1.78. The maximum absolute atomic E-state index is 11.2. The number of carbonyl (C=O) groups excluding carboxylic acids is 1. The van der Waals surface area contributed by atoms with Gasteiger partial charge in [0.05, 0.1) is 11.4 Å². The Kier molecular flexibility index (Phi) is 2.77. The first-order valence-electron chi connectivity index (χ1n) is 4.65. The summed E-state index contributed by atoms with van der Waals surface area (Å²) in [5.74, 6) is 0.625. The van der Waals surface area contributed by atoms with Crippen LogP contribution in [0.2, 0.25) is 0 Å². The van der Waals surface area contributed by atoms with Gasteiger partial charge in [0.1, 0.15) is 0 Å². The number of hydrogen-bond acceptors (Lipinski definition) is 2. The Balaban J connectivity index is 2.38. The number of anilines is 1. The van der Waals surface area contributed by atoms with Gasteiger partial charge in [0, 0.05) is 4.90 Å². The monoisotopic (exact) mass is 206 g/mol. The summed E-state index contributed by atoms with van der Waals surface area (Å²) in [5.41, 5.74) is 2.19. The van der Waals surface area contributed by atoms with E-state index in [0.717, 1.165) is 18.5 Å². The van der Waals surface area contributed by atoms with Gasteiger partial charge in [-0.1, -0.05) is 19.1 Å². The van der Waals surface area contributed by atoms with Crippen LogP contribution < -0.4 is 5.32 Å². The second-order valence-electron chi connectivity index (χ2n) is 3.23. The van der Waals surface area contributed by atoms with Crippen LogP contribution in [0.5, 0.6) is 0 Å². The average molecular weight is 206 g/mol. The lowest BCUT2D eigenvalue weighted by molar-refractivity contribution is -0.113. The van der Waals surface area contributed by atoms with Crippen molar-refractivity contribution in [2.24, 2.45) is 0 Å². The molecule has 0 aliphatic carbocycles. The highest BCUT2D eigenvalue weighted by Crippen LogP contribution is 2.34. The van der Waals surface area contributed by atoms with E-state index in [4.69, 9.17) is 0 Å². The van der Waals surface area contributed by atoms with Crippen molar-refractivity contribution in [2.75, 3.05) is 11.1 Å². The maximum atomic E-state index is 11.2. The molecule has 1 N–H and O–H groups in total. The summed E-state index contributed by atoms with van der Waals surface area (Å²) in [7, 11) is 0. The molecule has 1 aromatic carbocycles. The second kappa shape index (κ2) is 4.05. The highest BCUT2D eigenvalue weighted by molar-refractivity contribution is 8.00. The summed E-state index contributed by atoms with van der Waals surface area (Å²) in [4.78, 5) is 12.4. The Labute approximate surface area is 88.1 Å². The van der Waals surface area contributed by atoms with Crippen LogP contribution in [0, 0.1) is 6.92 Å². The van der Waals surface area contributed by atoms with Crippen molar-refractivity contribution in [3.05, 3.63) is 30.7 Å². The Bertz CT molecular complexity index is 362. The molecule has 14 heavy (non-hydrogen) atoms. The fraction of sp³-hybridized carbons (Fsp3) is 0.273. The molecule has 0 spiro atoms. The molecule has 0 atom stereocenters. The molecule has 1 heterocycles. The van der Waals surface area contributed by atoms with Gasteiger partial charge in [-0.25, -0.2) is 0 Å². The number of rotatable bonds is 2. The minimum atomic E-state index is 0.0963. The second-order valence-corrected chi connectivity index (χ2v) is 4.25. The van der Waals surface area contributed by atoms with Crippen LogP contribution in [0.3, 0.4) is 0 Å². The van der Waals surface area contributed by atoms with Gasteiger partial charge >= 0.3 is 0 Å². The number of fused-ring (bicyclic) bond motifs is 1. The summed E-state index contributed by atoms with van der Waals surface area (Å²) in [6.45, 7) is 3.83. The molecule has 73 valence electrons. The normalized spacial score (nSPS) is 14.8. The SMILES string of the molecule is [CH2]CCc1cccc2c1NC(=O)CS2. The third kappa shape index (κ3) is 1.77. The van der Waals surface area contributed by atoms with Gasteiger partial charge in [0.25, 0.3) is 0 Å². The third-order valence-electron chi connectivity index (χ3n) is 2.18. The van der Waals surface area contributed by atoms with E-state index in [1.54, 1.807) is 11.8 Å². The molecule has 1 radical (unpaired) electrons. The zero-order valence-corrected chi connectivity index (χ0v) is 8.69. The molecule has 1 aromatic rings. The summed E-state index contributed by atoms with van der Waals surface area (Å²) in [5, 5.41) is 2.93. The molecule has 0 saturated carbocycles. The number of carbonyl (C=O) groups is 1. The maximum Gasteiger partial charge on any atom is 0.234 e. The van der Waals surface area contributed by atoms with Crippen LogP contribution in [-0.4, -0.2) is 11.7 Å². The Hall–Kier alpha value is -0.960. The molecule has 1 aliphatic rings. The topological polar surface area (TPSA) is 29.1 Å². The Morgan fingerprint density at radius 3 is 3.14 bits per heavy atom. The minimum Gasteiger partial charge on any atom is -0.324 e. The summed E-state index contributed by atoms with van der Waals surface area (Å²) in [6, 6.07) is 6.14. The number of para-hydroxylation sites is 1. The minimum absolute atomic E-state index is 0.0963. The number of aryl methyl sites for hydroxylation is 1. The molecule has 0 fully saturated rings. The lowest BCUT2D eigenvalue weighted by Gasteiger charge is -2.19. The van der Waals surface area contributed by atoms with Crippen LogP contribution in [0.25, 0.3) is 0 Å². The zero-order valence-electron chi connectivity index (χ0n) is 7.88. The van der Waals surface area contributed by atoms with E-state index in [1.165, 1.54) is 10.5 Å². The highest BCUT2D eigenvalue weighted by atomic mass is 32.2. The molecule has 1 aliphatic heterocycles. The predicted octanol–water partition coefficient (Wildman–Crippen LogP) is 2.50. The van der Waals surface area contributed by atoms with Gasteiger partial charge in [-0.15, -0.1) is 11.8 Å². The summed E-state index contributed by atoms with van der Waals surface area (Å²) >= 11 is 1.60. The van der Waals surface area contributed by atoms with Crippen molar-refractivity contribution in [2.45, 2.75) is 17.7 Å². The number of thioether (sulfide) groups is 1. The zero-order chi connectivity index (χ0) is 9.97. The molecular formula is C11H12NOS. The summed E-state index contributed by atoms with van der Waals surface area (Å²) < 4.78 is 0. The van der Waals surface area contributed by atoms with Crippen LogP contribution in [0.15, 0.2) is 23.1 Å². The number of hydrogen-bond donors (Lipinski definition) is 1. The van der Waals surface area contributed by atoms with Crippen molar-refractivity contribution in [1.29, 1.82) is 0 Å². The van der Waals surface area contributed by atoms with Crippen LogP contribution in [0.4, 0.5) is 5.69 Å². The smallest absolute Gasteiger partial charge is 0.234 e. The first-order valence-corrected chi connectivity index (χ1v) is 5.63. The van der Waals surface area contributed by atoms with E-state index in [-0.39, 0.29) is 5.91 Å². The molecule has 0 bridgehead atoms. The van der Waals surface area contributed by atoms with E-state index >= 15 is 0 Å². The number of benzene rings is 1. The van der Waals surface area contributed by atoms with Gasteiger partial charge in [0.2, 0.25) is 5.91 Å². The van der Waals surface area contributed by atoms with Gasteiger partial charge < -0.3 is 5.32 Å². The Morgan fingerprint density at radius 2 is 2.36 bits per heavy atom. The van der Waals surface area contributed by atoms with Crippen molar-refractivity contribution < 1.29 is 4.79 Å². The van der Waals surface area contributed by atoms with Crippen LogP contribution in [0.1, 0.15) is 12.0 Å². The van der Waals surface area contributed by atoms with E-state index in [0.29, 0.717) is 5.75 Å². The van der Waals surface area contributed by atoms with Gasteiger partial charge in [0.15, 0.2) is 0 Å². The highest BCUT2D eigenvalue weighted by Gasteiger charge is 2.17. The van der Waals surface area contributed by atoms with E-state index in [2.05, 4.69) is 18.3 Å². The molecule has 0 saturated heterocycles.